The van der Waals surface area contributed by atoms with E-state index in [0.29, 0.717) is 5.41 Å². The Morgan fingerprint density at radius 3 is 2.67 bits per heavy atom. The summed E-state index contributed by atoms with van der Waals surface area (Å²) in [5, 5.41) is 11.8. The Balaban J connectivity index is 2.01. The fourth-order valence-corrected chi connectivity index (χ4v) is 3.25. The molecule has 0 bridgehead atoms. The molecule has 0 radical (unpaired) electrons. The van der Waals surface area contributed by atoms with E-state index in [1.54, 1.807) is 0 Å². The Morgan fingerprint density at radius 2 is 1.90 bits per heavy atom. The van der Waals surface area contributed by atoms with E-state index in [4.69, 9.17) is 0 Å². The molecular weight excluding hydrogens is 260 g/mol. The van der Waals surface area contributed by atoms with Crippen molar-refractivity contribution < 1.29 is 5.11 Å². The minimum atomic E-state index is 0.0425. The van der Waals surface area contributed by atoms with Crippen LogP contribution in [0.15, 0.2) is 30.5 Å². The summed E-state index contributed by atoms with van der Waals surface area (Å²) in [6, 6.07) is 8.27. The van der Waals surface area contributed by atoms with Crippen LogP contribution in [0.4, 0.5) is 5.82 Å². The van der Waals surface area contributed by atoms with Crippen LogP contribution in [0.25, 0.3) is 10.8 Å². The maximum atomic E-state index is 9.50. The smallest absolute Gasteiger partial charge is 0.136 e. The molecule has 1 aromatic heterocycles. The normalized spacial score (nSPS) is 18.7. The summed E-state index contributed by atoms with van der Waals surface area (Å²) in [6.07, 6.45) is 5.51. The Kier molecular flexibility index (Phi) is 3.85. The van der Waals surface area contributed by atoms with E-state index >= 15 is 0 Å². The van der Waals surface area contributed by atoms with Crippen molar-refractivity contribution >= 4 is 16.6 Å². The van der Waals surface area contributed by atoms with E-state index in [9.17, 15) is 5.11 Å². The molecule has 1 saturated heterocycles. The van der Waals surface area contributed by atoms with E-state index in [2.05, 4.69) is 41.9 Å². The van der Waals surface area contributed by atoms with Gasteiger partial charge in [0, 0.05) is 30.2 Å². The molecule has 0 saturated carbocycles. The van der Waals surface area contributed by atoms with Crippen molar-refractivity contribution in [1.82, 2.24) is 4.98 Å². The number of rotatable bonds is 2. The number of pyridine rings is 1. The topological polar surface area (TPSA) is 36.4 Å². The number of fused-ring (bicyclic) bond motifs is 1. The monoisotopic (exact) mass is 284 g/mol. The molecule has 3 rings (SSSR count). The summed E-state index contributed by atoms with van der Waals surface area (Å²) in [5.41, 5.74) is 1.33. The van der Waals surface area contributed by atoms with Gasteiger partial charge in [0.2, 0.25) is 0 Å². The zero-order valence-corrected chi connectivity index (χ0v) is 13.0. The van der Waals surface area contributed by atoms with Crippen LogP contribution in [-0.2, 0) is 6.61 Å². The molecule has 1 aliphatic heterocycles. The summed E-state index contributed by atoms with van der Waals surface area (Å²) in [6.45, 7) is 6.88. The van der Waals surface area contributed by atoms with Gasteiger partial charge in [0.1, 0.15) is 5.82 Å². The van der Waals surface area contributed by atoms with Gasteiger partial charge in [-0.25, -0.2) is 4.98 Å². The first kappa shape index (κ1) is 14.3. The number of anilines is 1. The van der Waals surface area contributed by atoms with E-state index in [1.807, 2.05) is 12.3 Å². The highest BCUT2D eigenvalue weighted by molar-refractivity contribution is 5.94. The van der Waals surface area contributed by atoms with Crippen molar-refractivity contribution in [2.75, 3.05) is 18.0 Å². The molecular formula is C18H24N2O. The molecule has 0 atom stereocenters. The average molecular weight is 284 g/mol. The van der Waals surface area contributed by atoms with E-state index in [1.165, 1.54) is 19.3 Å². The van der Waals surface area contributed by atoms with Gasteiger partial charge in [-0.15, -0.1) is 0 Å². The second kappa shape index (κ2) is 5.64. The molecule has 1 fully saturated rings. The minimum Gasteiger partial charge on any atom is -0.392 e. The lowest BCUT2D eigenvalue weighted by Gasteiger charge is -2.25. The molecule has 0 spiro atoms. The van der Waals surface area contributed by atoms with Crippen molar-refractivity contribution in [3.63, 3.8) is 0 Å². The van der Waals surface area contributed by atoms with Gasteiger partial charge in [-0.05, 0) is 30.1 Å². The number of aliphatic hydroxyl groups is 1. The standard InChI is InChI=1S/C18H24N2O/c1-18(2)8-5-10-20(11-9-18)17-16-7-4-3-6-15(16)14(13-21)12-19-17/h3-4,6-7,12,21H,5,8-11,13H2,1-2H3. The SMILES string of the molecule is CC1(C)CCCN(c2ncc(CO)c3ccccc23)CC1. The zero-order chi connectivity index (χ0) is 14.9. The quantitative estimate of drug-likeness (QED) is 0.912. The Bertz CT molecular complexity index is 636. The third-order valence-corrected chi connectivity index (χ3v) is 4.67. The number of hydrogen-bond donors (Lipinski definition) is 1. The van der Waals surface area contributed by atoms with Crippen molar-refractivity contribution in [3.8, 4) is 0 Å². The summed E-state index contributed by atoms with van der Waals surface area (Å²) in [5.74, 6) is 1.07. The molecule has 0 unspecified atom stereocenters. The molecule has 3 heteroatoms. The van der Waals surface area contributed by atoms with Crippen LogP contribution in [0.1, 0.15) is 38.7 Å². The lowest BCUT2D eigenvalue weighted by atomic mass is 9.85. The third-order valence-electron chi connectivity index (χ3n) is 4.67. The highest BCUT2D eigenvalue weighted by Crippen LogP contribution is 2.34. The molecule has 112 valence electrons. The fourth-order valence-electron chi connectivity index (χ4n) is 3.25. The Hall–Kier alpha value is -1.61. The van der Waals surface area contributed by atoms with Crippen LogP contribution in [0.2, 0.25) is 0 Å². The van der Waals surface area contributed by atoms with Crippen LogP contribution in [0.5, 0.6) is 0 Å². The molecule has 1 aromatic carbocycles. The molecule has 21 heavy (non-hydrogen) atoms. The molecule has 2 aromatic rings. The second-order valence-corrected chi connectivity index (χ2v) is 6.82. The number of hydrogen-bond acceptors (Lipinski definition) is 3. The molecule has 0 aliphatic carbocycles. The van der Waals surface area contributed by atoms with E-state index < -0.39 is 0 Å². The van der Waals surface area contributed by atoms with Crippen molar-refractivity contribution in [2.24, 2.45) is 5.41 Å². The lowest BCUT2D eigenvalue weighted by molar-refractivity contribution is 0.283. The van der Waals surface area contributed by atoms with Crippen LogP contribution < -0.4 is 4.90 Å². The molecule has 2 heterocycles. The summed E-state index contributed by atoms with van der Waals surface area (Å²) < 4.78 is 0. The second-order valence-electron chi connectivity index (χ2n) is 6.82. The van der Waals surface area contributed by atoms with Gasteiger partial charge in [0.05, 0.1) is 6.61 Å². The zero-order valence-electron chi connectivity index (χ0n) is 13.0. The van der Waals surface area contributed by atoms with Crippen molar-refractivity contribution in [1.29, 1.82) is 0 Å². The Labute approximate surface area is 126 Å². The van der Waals surface area contributed by atoms with Crippen LogP contribution >= 0.6 is 0 Å². The molecule has 3 nitrogen and oxygen atoms in total. The van der Waals surface area contributed by atoms with Gasteiger partial charge >= 0.3 is 0 Å². The largest absolute Gasteiger partial charge is 0.392 e. The summed E-state index contributed by atoms with van der Waals surface area (Å²) >= 11 is 0. The van der Waals surface area contributed by atoms with Crippen molar-refractivity contribution in [2.45, 2.75) is 39.7 Å². The fraction of sp³-hybridized carbons (Fsp3) is 0.500. The molecule has 1 aliphatic rings. The molecule has 1 N–H and O–H groups in total. The highest BCUT2D eigenvalue weighted by Gasteiger charge is 2.24. The number of aromatic nitrogens is 1. The summed E-state index contributed by atoms with van der Waals surface area (Å²) in [7, 11) is 0. The Morgan fingerprint density at radius 1 is 1.14 bits per heavy atom. The van der Waals surface area contributed by atoms with Gasteiger partial charge in [0.15, 0.2) is 0 Å². The predicted molar refractivity (Wildman–Crippen MR) is 87.5 cm³/mol. The summed E-state index contributed by atoms with van der Waals surface area (Å²) in [4.78, 5) is 7.07. The lowest BCUT2D eigenvalue weighted by Crippen LogP contribution is -2.26. The van der Waals surface area contributed by atoms with Gasteiger partial charge in [-0.1, -0.05) is 38.1 Å². The first-order valence-corrected chi connectivity index (χ1v) is 7.83. The highest BCUT2D eigenvalue weighted by atomic mass is 16.3. The average Bonchev–Trinajstić information content (AvgIpc) is 2.67. The van der Waals surface area contributed by atoms with Gasteiger partial charge in [-0.2, -0.15) is 0 Å². The van der Waals surface area contributed by atoms with E-state index in [-0.39, 0.29) is 6.61 Å². The van der Waals surface area contributed by atoms with Crippen LogP contribution in [0.3, 0.4) is 0 Å². The minimum absolute atomic E-state index is 0.0425. The number of nitrogens with zero attached hydrogens (tertiary/aromatic N) is 2. The predicted octanol–water partition coefficient (Wildman–Crippen LogP) is 3.74. The maximum Gasteiger partial charge on any atom is 0.136 e. The van der Waals surface area contributed by atoms with Crippen molar-refractivity contribution in [3.05, 3.63) is 36.0 Å². The number of benzene rings is 1. The first-order chi connectivity index (χ1) is 10.1. The third kappa shape index (κ3) is 2.88. The maximum absolute atomic E-state index is 9.50. The first-order valence-electron chi connectivity index (χ1n) is 7.83. The van der Waals surface area contributed by atoms with Gasteiger partial charge in [-0.3, -0.25) is 0 Å². The van der Waals surface area contributed by atoms with Gasteiger partial charge < -0.3 is 10.0 Å². The van der Waals surface area contributed by atoms with E-state index in [0.717, 1.165) is 35.2 Å². The van der Waals surface area contributed by atoms with Crippen LogP contribution in [0, 0.1) is 5.41 Å². The molecule has 0 amide bonds. The van der Waals surface area contributed by atoms with Crippen LogP contribution in [-0.4, -0.2) is 23.2 Å². The number of aliphatic hydroxyl groups excluding tert-OH is 1. The van der Waals surface area contributed by atoms with Gasteiger partial charge in [0.25, 0.3) is 0 Å².